The Morgan fingerprint density at radius 1 is 1.24 bits per heavy atom. The van der Waals surface area contributed by atoms with Crippen molar-refractivity contribution in [3.05, 3.63) is 34.9 Å². The molecule has 1 aromatic carbocycles. The lowest BCUT2D eigenvalue weighted by atomic mass is 10.0. The van der Waals surface area contributed by atoms with E-state index in [-0.39, 0.29) is 18.1 Å². The molecular weight excluding hydrogens is 318 g/mol. The Labute approximate surface area is 150 Å². The standard InChI is InChI=1S/C19H33N3O3/c1-13-11-15(5-3-4-6-18(21)23)7-8-16(13)12-25-14(2)17(20)9-10-19(22)24/h7-8,11,14,17,19,24H,3-6,9-10,12,20,22H2,1-2H3,(H2,21,23)/t14-,17+,19?/m1/s1. The van der Waals surface area contributed by atoms with E-state index < -0.39 is 6.23 Å². The zero-order valence-electron chi connectivity index (χ0n) is 15.4. The molecule has 1 unspecified atom stereocenters. The zero-order valence-corrected chi connectivity index (χ0v) is 15.4. The molecule has 6 nitrogen and oxygen atoms in total. The van der Waals surface area contributed by atoms with E-state index >= 15 is 0 Å². The Bertz CT molecular complexity index is 535. The first kappa shape index (κ1) is 21.6. The maximum atomic E-state index is 10.7. The lowest BCUT2D eigenvalue weighted by Crippen LogP contribution is -2.36. The van der Waals surface area contributed by atoms with Gasteiger partial charge in [-0.1, -0.05) is 18.2 Å². The van der Waals surface area contributed by atoms with Gasteiger partial charge in [0.1, 0.15) is 6.23 Å². The number of amides is 1. The number of aliphatic hydroxyl groups is 1. The molecule has 6 heteroatoms. The number of hydrogen-bond donors (Lipinski definition) is 4. The third kappa shape index (κ3) is 8.97. The number of ether oxygens (including phenoxy) is 1. The van der Waals surface area contributed by atoms with Crippen LogP contribution in [0.2, 0.25) is 0 Å². The fourth-order valence-corrected chi connectivity index (χ4v) is 2.65. The SMILES string of the molecule is Cc1cc(CCCCC(N)=O)ccc1CO[C@H](C)[C@@H](N)CCC(N)O. The Kier molecular flexibility index (Phi) is 9.67. The van der Waals surface area contributed by atoms with Gasteiger partial charge in [-0.2, -0.15) is 0 Å². The van der Waals surface area contributed by atoms with Gasteiger partial charge >= 0.3 is 0 Å². The molecule has 0 saturated heterocycles. The van der Waals surface area contributed by atoms with Crippen molar-refractivity contribution in [2.45, 2.75) is 77.4 Å². The summed E-state index contributed by atoms with van der Waals surface area (Å²) >= 11 is 0. The smallest absolute Gasteiger partial charge is 0.217 e. The predicted octanol–water partition coefficient (Wildman–Crippen LogP) is 1.48. The summed E-state index contributed by atoms with van der Waals surface area (Å²) in [5, 5.41) is 9.12. The molecule has 142 valence electrons. The highest BCUT2D eigenvalue weighted by Gasteiger charge is 2.14. The van der Waals surface area contributed by atoms with E-state index in [9.17, 15) is 4.79 Å². The molecule has 0 aliphatic carbocycles. The van der Waals surface area contributed by atoms with Gasteiger partial charge in [0.2, 0.25) is 5.91 Å². The van der Waals surface area contributed by atoms with Crippen molar-refractivity contribution in [3.8, 4) is 0 Å². The summed E-state index contributed by atoms with van der Waals surface area (Å²) < 4.78 is 5.87. The molecule has 0 fully saturated rings. The number of primary amides is 1. The maximum absolute atomic E-state index is 10.7. The van der Waals surface area contributed by atoms with Crippen LogP contribution in [0.3, 0.4) is 0 Å². The summed E-state index contributed by atoms with van der Waals surface area (Å²) in [5.74, 6) is -0.239. The molecule has 3 atom stereocenters. The van der Waals surface area contributed by atoms with Crippen molar-refractivity contribution in [2.24, 2.45) is 17.2 Å². The average molecular weight is 351 g/mol. The number of benzene rings is 1. The number of rotatable bonds is 12. The largest absolute Gasteiger partial charge is 0.379 e. The first-order valence-electron chi connectivity index (χ1n) is 8.97. The summed E-state index contributed by atoms with van der Waals surface area (Å²) in [6.45, 7) is 4.52. The second-order valence-electron chi connectivity index (χ2n) is 6.76. The van der Waals surface area contributed by atoms with Gasteiger partial charge in [0.25, 0.3) is 0 Å². The summed E-state index contributed by atoms with van der Waals surface area (Å²) in [4.78, 5) is 10.7. The predicted molar refractivity (Wildman–Crippen MR) is 99.6 cm³/mol. The zero-order chi connectivity index (χ0) is 18.8. The van der Waals surface area contributed by atoms with Gasteiger partial charge in [-0.15, -0.1) is 0 Å². The molecule has 1 aromatic rings. The van der Waals surface area contributed by atoms with E-state index in [0.717, 1.165) is 24.8 Å². The highest BCUT2D eigenvalue weighted by molar-refractivity contribution is 5.73. The number of aliphatic hydroxyl groups excluding tert-OH is 1. The number of nitrogens with two attached hydrogens (primary N) is 3. The van der Waals surface area contributed by atoms with Crippen LogP contribution in [0.4, 0.5) is 0 Å². The minimum Gasteiger partial charge on any atom is -0.379 e. The van der Waals surface area contributed by atoms with E-state index in [0.29, 0.717) is 25.9 Å². The van der Waals surface area contributed by atoms with Gasteiger partial charge in [0, 0.05) is 12.5 Å². The van der Waals surface area contributed by atoms with Gasteiger partial charge in [0.05, 0.1) is 12.7 Å². The van der Waals surface area contributed by atoms with Gasteiger partial charge in [-0.25, -0.2) is 0 Å². The Balaban J connectivity index is 2.42. The first-order valence-corrected chi connectivity index (χ1v) is 8.97. The number of hydrogen-bond acceptors (Lipinski definition) is 5. The van der Waals surface area contributed by atoms with Crippen molar-refractivity contribution >= 4 is 5.91 Å². The monoisotopic (exact) mass is 351 g/mol. The molecule has 0 heterocycles. The third-order valence-corrected chi connectivity index (χ3v) is 4.45. The first-order chi connectivity index (χ1) is 11.8. The number of unbranched alkanes of at least 4 members (excludes halogenated alkanes) is 1. The Morgan fingerprint density at radius 3 is 2.56 bits per heavy atom. The molecule has 25 heavy (non-hydrogen) atoms. The summed E-state index contributed by atoms with van der Waals surface area (Å²) in [6.07, 6.45) is 3.34. The van der Waals surface area contributed by atoms with E-state index in [1.54, 1.807) is 0 Å². The number of carbonyl (C=O) groups excluding carboxylic acids is 1. The van der Waals surface area contributed by atoms with E-state index in [1.165, 1.54) is 11.1 Å². The second-order valence-corrected chi connectivity index (χ2v) is 6.76. The molecule has 0 aliphatic rings. The van der Waals surface area contributed by atoms with Crippen LogP contribution in [0.25, 0.3) is 0 Å². The molecule has 0 bridgehead atoms. The molecule has 0 saturated carbocycles. The van der Waals surface area contributed by atoms with Crippen molar-refractivity contribution < 1.29 is 14.6 Å². The highest BCUT2D eigenvalue weighted by atomic mass is 16.5. The fraction of sp³-hybridized carbons (Fsp3) is 0.632. The number of aryl methyl sites for hydroxylation is 2. The Morgan fingerprint density at radius 2 is 1.96 bits per heavy atom. The summed E-state index contributed by atoms with van der Waals surface area (Å²) in [5.41, 5.74) is 20.1. The molecule has 7 N–H and O–H groups in total. The van der Waals surface area contributed by atoms with Crippen LogP contribution in [0, 0.1) is 6.92 Å². The van der Waals surface area contributed by atoms with Crippen LogP contribution < -0.4 is 17.2 Å². The van der Waals surface area contributed by atoms with Gasteiger partial charge in [-0.3, -0.25) is 4.79 Å². The molecule has 0 spiro atoms. The van der Waals surface area contributed by atoms with E-state index in [1.807, 2.05) is 6.92 Å². The van der Waals surface area contributed by atoms with Crippen molar-refractivity contribution in [3.63, 3.8) is 0 Å². The van der Waals surface area contributed by atoms with Crippen LogP contribution in [0.15, 0.2) is 18.2 Å². The molecular formula is C19H33N3O3. The van der Waals surface area contributed by atoms with Crippen LogP contribution in [-0.2, 0) is 22.6 Å². The minimum atomic E-state index is -0.823. The second kappa shape index (κ2) is 11.2. The Hall–Kier alpha value is -1.47. The highest BCUT2D eigenvalue weighted by Crippen LogP contribution is 2.16. The molecule has 0 aliphatic heterocycles. The van der Waals surface area contributed by atoms with Gasteiger partial charge in [-0.05, 0) is 62.6 Å². The van der Waals surface area contributed by atoms with E-state index in [2.05, 4.69) is 25.1 Å². The van der Waals surface area contributed by atoms with Gasteiger partial charge < -0.3 is 27.0 Å². The van der Waals surface area contributed by atoms with Crippen LogP contribution in [-0.4, -0.2) is 29.4 Å². The summed E-state index contributed by atoms with van der Waals surface area (Å²) in [6, 6.07) is 6.20. The molecule has 0 aromatic heterocycles. The molecule has 1 rings (SSSR count). The minimum absolute atomic E-state index is 0.105. The van der Waals surface area contributed by atoms with Crippen molar-refractivity contribution in [1.29, 1.82) is 0 Å². The van der Waals surface area contributed by atoms with Crippen LogP contribution in [0.1, 0.15) is 55.7 Å². The van der Waals surface area contributed by atoms with Crippen molar-refractivity contribution in [1.82, 2.24) is 0 Å². The van der Waals surface area contributed by atoms with E-state index in [4.69, 9.17) is 27.0 Å². The van der Waals surface area contributed by atoms with Crippen molar-refractivity contribution in [2.75, 3.05) is 0 Å². The quantitative estimate of drug-likeness (QED) is 0.335. The fourth-order valence-electron chi connectivity index (χ4n) is 2.65. The van der Waals surface area contributed by atoms with Gasteiger partial charge in [0.15, 0.2) is 0 Å². The normalized spacial score (nSPS) is 14.9. The average Bonchev–Trinajstić information content (AvgIpc) is 2.55. The molecule has 0 radical (unpaired) electrons. The lowest BCUT2D eigenvalue weighted by molar-refractivity contribution is -0.118. The topological polar surface area (TPSA) is 125 Å². The van der Waals surface area contributed by atoms with Crippen LogP contribution in [0.5, 0.6) is 0 Å². The maximum Gasteiger partial charge on any atom is 0.217 e. The third-order valence-electron chi connectivity index (χ3n) is 4.45. The summed E-state index contributed by atoms with van der Waals surface area (Å²) in [7, 11) is 0. The number of carbonyl (C=O) groups is 1. The molecule has 1 amide bonds. The lowest BCUT2D eigenvalue weighted by Gasteiger charge is -2.21. The van der Waals surface area contributed by atoms with Crippen LogP contribution >= 0.6 is 0 Å².